The quantitative estimate of drug-likeness (QED) is 0.880. The van der Waals surface area contributed by atoms with Gasteiger partial charge in [-0.15, -0.1) is 11.8 Å². The number of hydrogen-bond acceptors (Lipinski definition) is 3. The summed E-state index contributed by atoms with van der Waals surface area (Å²) in [6.45, 7) is 3.08. The van der Waals surface area contributed by atoms with Crippen molar-refractivity contribution in [3.05, 3.63) is 35.4 Å². The zero-order chi connectivity index (χ0) is 12.3. The first-order chi connectivity index (χ1) is 8.15. The normalized spacial score (nSPS) is 15.8. The first-order valence-electron chi connectivity index (χ1n) is 5.74. The molecule has 1 aromatic carbocycles. The molecule has 1 aliphatic heterocycles. The van der Waals surface area contributed by atoms with Gasteiger partial charge in [0, 0.05) is 18.8 Å². The number of aliphatic hydroxyl groups is 1. The lowest BCUT2D eigenvalue weighted by Gasteiger charge is -2.35. The number of rotatable bonds is 4. The SMILES string of the molecule is Cc1cccc(CSCC(=O)N2CC(O)C2)c1. The Morgan fingerprint density at radius 2 is 2.29 bits per heavy atom. The number of likely N-dealkylation sites (tertiary alicyclic amines) is 1. The Kier molecular flexibility index (Phi) is 4.07. The Labute approximate surface area is 106 Å². The molecule has 1 fully saturated rings. The van der Waals surface area contributed by atoms with Crippen molar-refractivity contribution in [2.24, 2.45) is 0 Å². The van der Waals surface area contributed by atoms with Crippen molar-refractivity contribution in [2.45, 2.75) is 18.8 Å². The van der Waals surface area contributed by atoms with E-state index >= 15 is 0 Å². The summed E-state index contributed by atoms with van der Waals surface area (Å²) < 4.78 is 0. The number of aliphatic hydroxyl groups excluding tert-OH is 1. The first kappa shape index (κ1) is 12.5. The largest absolute Gasteiger partial charge is 0.389 e. The van der Waals surface area contributed by atoms with E-state index in [9.17, 15) is 4.79 Å². The molecule has 0 radical (unpaired) electrons. The van der Waals surface area contributed by atoms with E-state index in [1.54, 1.807) is 16.7 Å². The lowest BCUT2D eigenvalue weighted by Crippen LogP contribution is -2.54. The van der Waals surface area contributed by atoms with Gasteiger partial charge in [-0.2, -0.15) is 0 Å². The van der Waals surface area contributed by atoms with E-state index in [4.69, 9.17) is 5.11 Å². The van der Waals surface area contributed by atoms with Crippen LogP contribution >= 0.6 is 11.8 Å². The second-order valence-electron chi connectivity index (χ2n) is 4.43. The number of aryl methyl sites for hydroxylation is 1. The van der Waals surface area contributed by atoms with E-state index in [-0.39, 0.29) is 12.0 Å². The van der Waals surface area contributed by atoms with Crippen LogP contribution in [0, 0.1) is 6.92 Å². The van der Waals surface area contributed by atoms with Gasteiger partial charge < -0.3 is 10.0 Å². The molecule has 1 amide bonds. The molecule has 1 N–H and O–H groups in total. The molecule has 0 aliphatic carbocycles. The van der Waals surface area contributed by atoms with Gasteiger partial charge in [-0.1, -0.05) is 29.8 Å². The van der Waals surface area contributed by atoms with E-state index in [1.807, 2.05) is 6.07 Å². The predicted molar refractivity (Wildman–Crippen MR) is 69.9 cm³/mol. The second kappa shape index (κ2) is 5.56. The monoisotopic (exact) mass is 251 g/mol. The van der Waals surface area contributed by atoms with Crippen LogP contribution in [0.4, 0.5) is 0 Å². The van der Waals surface area contributed by atoms with Gasteiger partial charge >= 0.3 is 0 Å². The molecule has 1 aromatic rings. The van der Waals surface area contributed by atoms with Crippen LogP contribution in [0.5, 0.6) is 0 Å². The van der Waals surface area contributed by atoms with Crippen LogP contribution in [0.15, 0.2) is 24.3 Å². The maximum atomic E-state index is 11.6. The lowest BCUT2D eigenvalue weighted by atomic mass is 10.2. The van der Waals surface area contributed by atoms with Crippen LogP contribution in [-0.4, -0.2) is 40.9 Å². The smallest absolute Gasteiger partial charge is 0.232 e. The van der Waals surface area contributed by atoms with Crippen molar-refractivity contribution >= 4 is 17.7 Å². The third-order valence-electron chi connectivity index (χ3n) is 2.79. The third-order valence-corrected chi connectivity index (χ3v) is 3.78. The highest BCUT2D eigenvalue weighted by atomic mass is 32.2. The van der Waals surface area contributed by atoms with E-state index < -0.39 is 0 Å². The zero-order valence-corrected chi connectivity index (χ0v) is 10.7. The molecule has 3 nitrogen and oxygen atoms in total. The Bertz CT molecular complexity index is 402. The minimum absolute atomic E-state index is 0.132. The maximum absolute atomic E-state index is 11.6. The first-order valence-corrected chi connectivity index (χ1v) is 6.90. The standard InChI is InChI=1S/C13H17NO2S/c1-10-3-2-4-11(5-10)8-17-9-13(16)14-6-12(15)7-14/h2-5,12,15H,6-9H2,1H3. The van der Waals surface area contributed by atoms with Crippen molar-refractivity contribution in [3.63, 3.8) is 0 Å². The number of nitrogens with zero attached hydrogens (tertiary/aromatic N) is 1. The van der Waals surface area contributed by atoms with Gasteiger partial charge in [-0.3, -0.25) is 4.79 Å². The van der Waals surface area contributed by atoms with Crippen LogP contribution < -0.4 is 0 Å². The number of carbonyl (C=O) groups excluding carboxylic acids is 1. The fourth-order valence-electron chi connectivity index (χ4n) is 1.81. The third kappa shape index (κ3) is 3.48. The Hall–Kier alpha value is -1.00. The molecule has 0 saturated carbocycles. The number of carbonyl (C=O) groups is 1. The van der Waals surface area contributed by atoms with Crippen molar-refractivity contribution in [2.75, 3.05) is 18.8 Å². The number of amides is 1. The van der Waals surface area contributed by atoms with Crippen LogP contribution in [0.3, 0.4) is 0 Å². The summed E-state index contributed by atoms with van der Waals surface area (Å²) in [5.74, 6) is 1.50. The van der Waals surface area contributed by atoms with Crippen molar-refractivity contribution < 1.29 is 9.90 Å². The highest BCUT2D eigenvalue weighted by molar-refractivity contribution is 7.99. The van der Waals surface area contributed by atoms with E-state index in [1.165, 1.54) is 11.1 Å². The van der Waals surface area contributed by atoms with Crippen molar-refractivity contribution in [1.82, 2.24) is 4.90 Å². The molecule has 1 aliphatic rings. The molecular formula is C13H17NO2S. The summed E-state index contributed by atoms with van der Waals surface area (Å²) in [4.78, 5) is 13.3. The minimum atomic E-state index is -0.305. The van der Waals surface area contributed by atoms with Gasteiger partial charge in [0.05, 0.1) is 11.9 Å². The molecule has 17 heavy (non-hydrogen) atoms. The van der Waals surface area contributed by atoms with Gasteiger partial charge in [-0.05, 0) is 12.5 Å². The molecule has 2 rings (SSSR count). The second-order valence-corrected chi connectivity index (χ2v) is 5.42. The van der Waals surface area contributed by atoms with Crippen LogP contribution in [0.2, 0.25) is 0 Å². The van der Waals surface area contributed by atoms with E-state index in [0.717, 1.165) is 5.75 Å². The number of thioether (sulfide) groups is 1. The zero-order valence-electron chi connectivity index (χ0n) is 9.93. The highest BCUT2D eigenvalue weighted by Gasteiger charge is 2.28. The van der Waals surface area contributed by atoms with Crippen LogP contribution in [0.1, 0.15) is 11.1 Å². The topological polar surface area (TPSA) is 40.5 Å². The number of β-amino-alcohol motifs (C(OH)–C–C–N with tert-alkyl or cyclic N) is 1. The van der Waals surface area contributed by atoms with Gasteiger partial charge in [0.1, 0.15) is 0 Å². The molecule has 0 unspecified atom stereocenters. The van der Waals surface area contributed by atoms with E-state index in [2.05, 4.69) is 25.1 Å². The fraction of sp³-hybridized carbons (Fsp3) is 0.462. The summed E-state index contributed by atoms with van der Waals surface area (Å²) in [5.41, 5.74) is 2.51. The molecule has 4 heteroatoms. The molecule has 0 aromatic heterocycles. The van der Waals surface area contributed by atoms with Gasteiger partial charge in [0.15, 0.2) is 0 Å². The molecule has 1 heterocycles. The summed E-state index contributed by atoms with van der Waals surface area (Å²) in [7, 11) is 0. The Balaban J connectivity index is 1.71. The average Bonchev–Trinajstić information content (AvgIpc) is 2.25. The van der Waals surface area contributed by atoms with Gasteiger partial charge in [0.2, 0.25) is 5.91 Å². The highest BCUT2D eigenvalue weighted by Crippen LogP contribution is 2.16. The predicted octanol–water partition coefficient (Wildman–Crippen LogP) is 1.43. The molecule has 0 spiro atoms. The Morgan fingerprint density at radius 3 is 2.94 bits per heavy atom. The number of hydrogen-bond donors (Lipinski definition) is 1. The number of benzene rings is 1. The van der Waals surface area contributed by atoms with Crippen molar-refractivity contribution in [1.29, 1.82) is 0 Å². The van der Waals surface area contributed by atoms with E-state index in [0.29, 0.717) is 18.8 Å². The maximum Gasteiger partial charge on any atom is 0.232 e. The lowest BCUT2D eigenvalue weighted by molar-refractivity contribution is -0.138. The molecule has 0 bridgehead atoms. The van der Waals surface area contributed by atoms with Gasteiger partial charge in [0.25, 0.3) is 0 Å². The van der Waals surface area contributed by atoms with Crippen LogP contribution in [0.25, 0.3) is 0 Å². The summed E-state index contributed by atoms with van der Waals surface area (Å²) >= 11 is 1.63. The summed E-state index contributed by atoms with van der Waals surface area (Å²) in [5, 5.41) is 9.10. The fourth-order valence-corrected chi connectivity index (χ4v) is 2.68. The minimum Gasteiger partial charge on any atom is -0.389 e. The average molecular weight is 251 g/mol. The molecule has 1 saturated heterocycles. The van der Waals surface area contributed by atoms with Crippen molar-refractivity contribution in [3.8, 4) is 0 Å². The molecule has 0 atom stereocenters. The molecule has 92 valence electrons. The summed E-state index contributed by atoms with van der Waals surface area (Å²) in [6.07, 6.45) is -0.305. The molecular weight excluding hydrogens is 234 g/mol. The van der Waals surface area contributed by atoms with Crippen LogP contribution in [-0.2, 0) is 10.5 Å². The Morgan fingerprint density at radius 1 is 1.53 bits per heavy atom. The van der Waals surface area contributed by atoms with Gasteiger partial charge in [-0.25, -0.2) is 0 Å². The summed E-state index contributed by atoms with van der Waals surface area (Å²) in [6, 6.07) is 8.34.